The molecule has 3 aromatic carbocycles. The minimum absolute atomic E-state index is 0.00869. The molecule has 0 spiro atoms. The molecule has 0 bridgehead atoms. The third kappa shape index (κ3) is 8.96. The van der Waals surface area contributed by atoms with Crippen molar-refractivity contribution in [2.45, 2.75) is 44.5 Å². The molecule has 0 aliphatic carbocycles. The smallest absolute Gasteiger partial charge is 0.390 e. The maximum Gasteiger partial charge on any atom is 0.390 e. The molecule has 0 saturated carbocycles. The maximum atomic E-state index is 13.5. The van der Waals surface area contributed by atoms with Crippen molar-refractivity contribution in [1.29, 1.82) is 0 Å². The number of aromatic hydroxyl groups is 1. The summed E-state index contributed by atoms with van der Waals surface area (Å²) in [4.78, 5) is 27.6. The predicted molar refractivity (Wildman–Crippen MR) is 138 cm³/mol. The van der Waals surface area contributed by atoms with Crippen molar-refractivity contribution < 1.29 is 41.4 Å². The number of alkyl halides is 5. The van der Waals surface area contributed by atoms with Gasteiger partial charge in [-0.2, -0.15) is 13.2 Å². The molecule has 11 heteroatoms. The fourth-order valence-corrected chi connectivity index (χ4v) is 4.07. The standard InChI is InChI=1S/C29H29F5N2O4/c1-40-24-12-7-20(8-13-24)18-35-28(39)26(21-3-2-4-22(17-21)27(30)31)36(16-15-29(32,33)34)25(38)14-9-19-5-10-23(37)11-6-19/h2-8,10-13,17,26-27,37H,9,14-16,18H2,1H3,(H,35,39). The van der Waals surface area contributed by atoms with E-state index in [9.17, 15) is 36.6 Å². The molecule has 214 valence electrons. The monoisotopic (exact) mass is 564 g/mol. The van der Waals surface area contributed by atoms with Gasteiger partial charge in [0.2, 0.25) is 11.8 Å². The molecule has 3 aromatic rings. The highest BCUT2D eigenvalue weighted by molar-refractivity contribution is 5.89. The second-order valence-electron chi connectivity index (χ2n) is 9.06. The Morgan fingerprint density at radius 3 is 2.17 bits per heavy atom. The first kappa shape index (κ1) is 30.4. The number of nitrogens with zero attached hydrogens (tertiary/aromatic N) is 1. The number of carbonyl (C=O) groups is 2. The average molecular weight is 565 g/mol. The van der Waals surface area contributed by atoms with Gasteiger partial charge in [-0.3, -0.25) is 9.59 Å². The minimum atomic E-state index is -4.63. The summed E-state index contributed by atoms with van der Waals surface area (Å²) in [6, 6.07) is 15.8. The van der Waals surface area contributed by atoms with Crippen LogP contribution in [0.5, 0.6) is 11.5 Å². The summed E-state index contributed by atoms with van der Waals surface area (Å²) in [5.41, 5.74) is 0.819. The number of aryl methyl sites for hydroxylation is 1. The molecule has 0 aliphatic heterocycles. The Morgan fingerprint density at radius 2 is 1.57 bits per heavy atom. The van der Waals surface area contributed by atoms with Crippen LogP contribution in [-0.4, -0.2) is 41.7 Å². The molecule has 0 fully saturated rings. The molecule has 40 heavy (non-hydrogen) atoms. The van der Waals surface area contributed by atoms with Crippen molar-refractivity contribution in [3.05, 3.63) is 95.1 Å². The molecular formula is C29H29F5N2O4. The number of phenols is 1. The zero-order valence-electron chi connectivity index (χ0n) is 21.6. The average Bonchev–Trinajstić information content (AvgIpc) is 2.93. The van der Waals surface area contributed by atoms with E-state index in [1.54, 1.807) is 36.4 Å². The topological polar surface area (TPSA) is 78.9 Å². The summed E-state index contributed by atoms with van der Waals surface area (Å²) in [6.45, 7) is -0.875. The van der Waals surface area contributed by atoms with Crippen LogP contribution in [0.2, 0.25) is 0 Å². The van der Waals surface area contributed by atoms with Gasteiger partial charge in [-0.25, -0.2) is 8.78 Å². The van der Waals surface area contributed by atoms with Gasteiger partial charge < -0.3 is 20.1 Å². The summed E-state index contributed by atoms with van der Waals surface area (Å²) >= 11 is 0. The van der Waals surface area contributed by atoms with Gasteiger partial charge in [-0.15, -0.1) is 0 Å². The molecule has 2 N–H and O–H groups in total. The van der Waals surface area contributed by atoms with Gasteiger partial charge in [0.1, 0.15) is 17.5 Å². The van der Waals surface area contributed by atoms with Crippen LogP contribution in [0.4, 0.5) is 22.0 Å². The Bertz CT molecular complexity index is 1260. The first-order valence-corrected chi connectivity index (χ1v) is 12.4. The highest BCUT2D eigenvalue weighted by Crippen LogP contribution is 2.30. The van der Waals surface area contributed by atoms with Crippen LogP contribution < -0.4 is 10.1 Å². The zero-order valence-corrected chi connectivity index (χ0v) is 21.6. The Kier molecular flexibility index (Phi) is 10.5. The lowest BCUT2D eigenvalue weighted by Gasteiger charge is -2.32. The van der Waals surface area contributed by atoms with Crippen LogP contribution >= 0.6 is 0 Å². The Morgan fingerprint density at radius 1 is 0.950 bits per heavy atom. The number of halogens is 5. The molecule has 0 radical (unpaired) electrons. The normalized spacial score (nSPS) is 12.2. The summed E-state index contributed by atoms with van der Waals surface area (Å²) < 4.78 is 71.9. The van der Waals surface area contributed by atoms with E-state index in [0.29, 0.717) is 16.9 Å². The zero-order chi connectivity index (χ0) is 29.3. The molecule has 0 aromatic heterocycles. The van der Waals surface area contributed by atoms with Crippen molar-refractivity contribution in [2.24, 2.45) is 0 Å². The first-order chi connectivity index (χ1) is 19.0. The fourth-order valence-electron chi connectivity index (χ4n) is 4.07. The Balaban J connectivity index is 1.93. The number of rotatable bonds is 12. The number of hydrogen-bond acceptors (Lipinski definition) is 4. The summed E-state index contributed by atoms with van der Waals surface area (Å²) in [5.74, 6) is -0.990. The molecule has 2 amide bonds. The SMILES string of the molecule is COc1ccc(CNC(=O)C(c2cccc(C(F)F)c2)N(CCC(F)(F)F)C(=O)CCc2ccc(O)cc2)cc1. The highest BCUT2D eigenvalue weighted by Gasteiger charge is 2.35. The van der Waals surface area contributed by atoms with Gasteiger partial charge in [0, 0.05) is 25.1 Å². The third-order valence-corrected chi connectivity index (χ3v) is 6.18. The van der Waals surface area contributed by atoms with Crippen molar-refractivity contribution in [2.75, 3.05) is 13.7 Å². The van der Waals surface area contributed by atoms with Gasteiger partial charge in [0.05, 0.1) is 13.5 Å². The molecular weight excluding hydrogens is 535 g/mol. The van der Waals surface area contributed by atoms with Crippen molar-refractivity contribution in [3.63, 3.8) is 0 Å². The number of carbonyl (C=O) groups excluding carboxylic acids is 2. The summed E-state index contributed by atoms with van der Waals surface area (Å²) in [6.07, 6.45) is -9.05. The number of ether oxygens (including phenoxy) is 1. The van der Waals surface area contributed by atoms with Gasteiger partial charge in [0.25, 0.3) is 6.43 Å². The van der Waals surface area contributed by atoms with Crippen LogP contribution in [0.15, 0.2) is 72.8 Å². The first-order valence-electron chi connectivity index (χ1n) is 12.4. The van der Waals surface area contributed by atoms with E-state index in [1.807, 2.05) is 0 Å². The van der Waals surface area contributed by atoms with Crippen LogP contribution in [0, 0.1) is 0 Å². The molecule has 0 saturated heterocycles. The lowest BCUT2D eigenvalue weighted by molar-refractivity contribution is -0.152. The van der Waals surface area contributed by atoms with E-state index < -0.39 is 49.0 Å². The van der Waals surface area contributed by atoms with Gasteiger partial charge in [0.15, 0.2) is 0 Å². The Labute approximate surface area is 228 Å². The van der Waals surface area contributed by atoms with Crippen molar-refractivity contribution in [1.82, 2.24) is 10.2 Å². The van der Waals surface area contributed by atoms with Crippen molar-refractivity contribution >= 4 is 11.8 Å². The number of phenolic OH excluding ortho intramolecular Hbond substituents is 1. The third-order valence-electron chi connectivity index (χ3n) is 6.18. The highest BCUT2D eigenvalue weighted by atomic mass is 19.4. The number of methoxy groups -OCH3 is 1. The Hall–Kier alpha value is -4.15. The quantitative estimate of drug-likeness (QED) is 0.260. The molecule has 6 nitrogen and oxygen atoms in total. The molecule has 3 rings (SSSR count). The van der Waals surface area contributed by atoms with E-state index >= 15 is 0 Å². The van der Waals surface area contributed by atoms with Crippen LogP contribution in [0.3, 0.4) is 0 Å². The predicted octanol–water partition coefficient (Wildman–Crippen LogP) is 6.11. The van der Waals surface area contributed by atoms with E-state index in [1.165, 1.54) is 31.4 Å². The fraction of sp³-hybridized carbons (Fsp3) is 0.310. The number of hydrogen-bond donors (Lipinski definition) is 2. The van der Waals surface area contributed by atoms with Crippen molar-refractivity contribution in [3.8, 4) is 11.5 Å². The number of amides is 2. The van der Waals surface area contributed by atoms with Crippen LogP contribution in [0.25, 0.3) is 0 Å². The number of nitrogens with one attached hydrogen (secondary N) is 1. The number of benzene rings is 3. The van der Waals surface area contributed by atoms with E-state index in [4.69, 9.17) is 4.74 Å². The summed E-state index contributed by atoms with van der Waals surface area (Å²) in [5, 5.41) is 12.1. The molecule has 0 aliphatic rings. The minimum Gasteiger partial charge on any atom is -0.508 e. The van der Waals surface area contributed by atoms with Gasteiger partial charge in [-0.05, 0) is 53.4 Å². The second-order valence-corrected chi connectivity index (χ2v) is 9.06. The molecule has 1 atom stereocenters. The second kappa shape index (κ2) is 13.8. The summed E-state index contributed by atoms with van der Waals surface area (Å²) in [7, 11) is 1.49. The van der Waals surface area contributed by atoms with E-state index in [0.717, 1.165) is 17.0 Å². The van der Waals surface area contributed by atoms with E-state index in [-0.39, 0.29) is 30.7 Å². The maximum absolute atomic E-state index is 13.5. The van der Waals surface area contributed by atoms with Crippen LogP contribution in [-0.2, 0) is 22.6 Å². The largest absolute Gasteiger partial charge is 0.508 e. The lowest BCUT2D eigenvalue weighted by atomic mass is 10.00. The van der Waals surface area contributed by atoms with Gasteiger partial charge in [-0.1, -0.05) is 42.5 Å². The van der Waals surface area contributed by atoms with Gasteiger partial charge >= 0.3 is 6.18 Å². The van der Waals surface area contributed by atoms with E-state index in [2.05, 4.69) is 5.32 Å². The molecule has 0 heterocycles. The lowest BCUT2D eigenvalue weighted by Crippen LogP contribution is -2.45. The molecule has 1 unspecified atom stereocenters. The van der Waals surface area contributed by atoms with Crippen LogP contribution in [0.1, 0.15) is 47.6 Å².